The van der Waals surface area contributed by atoms with Gasteiger partial charge in [-0.3, -0.25) is 4.79 Å². The molecular weight excluding hydrogens is 202 g/mol. The van der Waals surface area contributed by atoms with E-state index in [0.717, 1.165) is 22.5 Å². The van der Waals surface area contributed by atoms with Crippen molar-refractivity contribution in [2.75, 3.05) is 5.32 Å². The SMILES string of the molecule is CC1=C(CC(=O)O)Nc2ccccc2C=C1. The van der Waals surface area contributed by atoms with E-state index in [4.69, 9.17) is 5.11 Å². The topological polar surface area (TPSA) is 49.3 Å². The summed E-state index contributed by atoms with van der Waals surface area (Å²) in [5.74, 6) is -0.824. The van der Waals surface area contributed by atoms with Gasteiger partial charge in [-0.05, 0) is 24.1 Å². The maximum atomic E-state index is 10.7. The predicted octanol–water partition coefficient (Wildman–Crippen LogP) is 2.87. The van der Waals surface area contributed by atoms with Gasteiger partial charge >= 0.3 is 5.97 Å². The van der Waals surface area contributed by atoms with Gasteiger partial charge in [-0.2, -0.15) is 0 Å². The van der Waals surface area contributed by atoms with Gasteiger partial charge in [0, 0.05) is 11.4 Å². The van der Waals surface area contributed by atoms with E-state index in [0.29, 0.717) is 0 Å². The molecule has 1 aromatic carbocycles. The van der Waals surface area contributed by atoms with Crippen molar-refractivity contribution < 1.29 is 9.90 Å². The molecule has 0 bridgehead atoms. The van der Waals surface area contributed by atoms with Crippen LogP contribution in [0, 0.1) is 0 Å². The molecule has 0 spiro atoms. The molecule has 3 nitrogen and oxygen atoms in total. The zero-order valence-electron chi connectivity index (χ0n) is 9.03. The third-order valence-corrected chi connectivity index (χ3v) is 2.56. The molecule has 0 unspecified atom stereocenters. The monoisotopic (exact) mass is 215 g/mol. The first-order valence-corrected chi connectivity index (χ1v) is 5.12. The maximum Gasteiger partial charge on any atom is 0.309 e. The maximum absolute atomic E-state index is 10.7. The molecule has 0 aromatic heterocycles. The largest absolute Gasteiger partial charge is 0.481 e. The molecule has 1 aliphatic heterocycles. The van der Waals surface area contributed by atoms with Crippen LogP contribution < -0.4 is 5.32 Å². The van der Waals surface area contributed by atoms with Crippen molar-refractivity contribution in [3.63, 3.8) is 0 Å². The fourth-order valence-corrected chi connectivity index (χ4v) is 1.67. The van der Waals surface area contributed by atoms with Crippen molar-refractivity contribution >= 4 is 17.7 Å². The lowest BCUT2D eigenvalue weighted by Gasteiger charge is -2.11. The van der Waals surface area contributed by atoms with Gasteiger partial charge in [-0.1, -0.05) is 30.4 Å². The normalized spacial score (nSPS) is 14.1. The van der Waals surface area contributed by atoms with Gasteiger partial charge in [-0.15, -0.1) is 0 Å². The van der Waals surface area contributed by atoms with E-state index in [2.05, 4.69) is 5.32 Å². The minimum absolute atomic E-state index is 0.0184. The zero-order chi connectivity index (χ0) is 11.5. The number of anilines is 1. The van der Waals surface area contributed by atoms with Crippen molar-refractivity contribution in [1.29, 1.82) is 0 Å². The van der Waals surface area contributed by atoms with E-state index < -0.39 is 5.97 Å². The molecule has 1 heterocycles. The number of carboxylic acid groups (broad SMARTS) is 1. The highest BCUT2D eigenvalue weighted by atomic mass is 16.4. The van der Waals surface area contributed by atoms with Crippen LogP contribution in [0.4, 0.5) is 5.69 Å². The number of fused-ring (bicyclic) bond motifs is 1. The fourth-order valence-electron chi connectivity index (χ4n) is 1.67. The van der Waals surface area contributed by atoms with E-state index in [1.807, 2.05) is 43.3 Å². The van der Waals surface area contributed by atoms with Crippen LogP contribution in [0.5, 0.6) is 0 Å². The van der Waals surface area contributed by atoms with Gasteiger partial charge in [0.25, 0.3) is 0 Å². The van der Waals surface area contributed by atoms with Gasteiger partial charge < -0.3 is 10.4 Å². The fraction of sp³-hybridized carbons (Fsp3) is 0.154. The summed E-state index contributed by atoms with van der Waals surface area (Å²) in [5, 5.41) is 12.0. The van der Waals surface area contributed by atoms with E-state index in [-0.39, 0.29) is 6.42 Å². The number of benzene rings is 1. The molecule has 0 aliphatic carbocycles. The Labute approximate surface area is 94.1 Å². The highest BCUT2D eigenvalue weighted by Gasteiger charge is 2.11. The molecule has 0 saturated carbocycles. The van der Waals surface area contributed by atoms with Crippen molar-refractivity contribution in [3.05, 3.63) is 47.2 Å². The van der Waals surface area contributed by atoms with E-state index in [9.17, 15) is 4.79 Å². The van der Waals surface area contributed by atoms with Crippen LogP contribution in [0.25, 0.3) is 6.08 Å². The van der Waals surface area contributed by atoms with Crippen LogP contribution in [0.1, 0.15) is 18.9 Å². The lowest BCUT2D eigenvalue weighted by atomic mass is 10.1. The third kappa shape index (κ3) is 2.14. The number of carboxylic acids is 1. The Hall–Kier alpha value is -2.03. The summed E-state index contributed by atoms with van der Waals surface area (Å²) in [6.07, 6.45) is 3.95. The molecule has 0 saturated heterocycles. The number of nitrogens with one attached hydrogen (secondary N) is 1. The van der Waals surface area contributed by atoms with Crippen molar-refractivity contribution in [3.8, 4) is 0 Å². The molecule has 1 aromatic rings. The Kier molecular flexibility index (Phi) is 2.77. The van der Waals surface area contributed by atoms with Gasteiger partial charge in [0.05, 0.1) is 6.42 Å². The van der Waals surface area contributed by atoms with Crippen LogP contribution in [-0.4, -0.2) is 11.1 Å². The molecule has 2 rings (SSSR count). The van der Waals surface area contributed by atoms with Gasteiger partial charge in [0.1, 0.15) is 0 Å². The number of carbonyl (C=O) groups is 1. The van der Waals surface area contributed by atoms with Gasteiger partial charge in [0.2, 0.25) is 0 Å². The zero-order valence-corrected chi connectivity index (χ0v) is 9.03. The molecule has 2 N–H and O–H groups in total. The highest BCUT2D eigenvalue weighted by Crippen LogP contribution is 2.25. The second-order valence-corrected chi connectivity index (χ2v) is 3.78. The van der Waals surface area contributed by atoms with Gasteiger partial charge in [0.15, 0.2) is 0 Å². The Balaban J connectivity index is 2.37. The molecule has 0 atom stereocenters. The quantitative estimate of drug-likeness (QED) is 0.797. The second kappa shape index (κ2) is 4.23. The number of aliphatic carboxylic acids is 1. The minimum atomic E-state index is -0.824. The first-order chi connectivity index (χ1) is 7.66. The van der Waals surface area contributed by atoms with Gasteiger partial charge in [-0.25, -0.2) is 0 Å². The molecule has 1 aliphatic rings. The van der Waals surface area contributed by atoms with Crippen molar-refractivity contribution in [2.45, 2.75) is 13.3 Å². The molecule has 0 amide bonds. The first-order valence-electron chi connectivity index (χ1n) is 5.12. The van der Waals surface area contributed by atoms with E-state index in [1.165, 1.54) is 0 Å². The summed E-state index contributed by atoms with van der Waals surface area (Å²) in [6.45, 7) is 1.91. The van der Waals surface area contributed by atoms with Crippen LogP contribution in [0.3, 0.4) is 0 Å². The summed E-state index contributed by atoms with van der Waals surface area (Å²) >= 11 is 0. The number of hydrogen-bond acceptors (Lipinski definition) is 2. The number of para-hydroxylation sites is 1. The first kappa shape index (κ1) is 10.5. The van der Waals surface area contributed by atoms with E-state index >= 15 is 0 Å². The van der Waals surface area contributed by atoms with Crippen molar-refractivity contribution in [2.24, 2.45) is 0 Å². The Morgan fingerprint density at radius 2 is 2.06 bits per heavy atom. The Morgan fingerprint density at radius 3 is 2.81 bits per heavy atom. The molecule has 0 radical (unpaired) electrons. The Morgan fingerprint density at radius 1 is 1.31 bits per heavy atom. The van der Waals surface area contributed by atoms with E-state index in [1.54, 1.807) is 0 Å². The molecule has 82 valence electrons. The van der Waals surface area contributed by atoms with Crippen LogP contribution in [0.15, 0.2) is 41.6 Å². The standard InChI is InChI=1S/C13H13NO2/c1-9-6-7-10-4-2-3-5-11(10)14-12(9)8-13(15)16/h2-7,14H,8H2,1H3,(H,15,16). The third-order valence-electron chi connectivity index (χ3n) is 2.56. The summed E-state index contributed by atoms with van der Waals surface area (Å²) in [6, 6.07) is 7.83. The van der Waals surface area contributed by atoms with Crippen LogP contribution in [0.2, 0.25) is 0 Å². The molecule has 16 heavy (non-hydrogen) atoms. The summed E-state index contributed by atoms with van der Waals surface area (Å²) < 4.78 is 0. The molecular formula is C13H13NO2. The molecule has 0 fully saturated rings. The number of allylic oxidation sites excluding steroid dienone is 2. The average molecular weight is 215 g/mol. The minimum Gasteiger partial charge on any atom is -0.481 e. The van der Waals surface area contributed by atoms with Crippen LogP contribution >= 0.6 is 0 Å². The lowest BCUT2D eigenvalue weighted by molar-refractivity contribution is -0.136. The second-order valence-electron chi connectivity index (χ2n) is 3.78. The number of hydrogen-bond donors (Lipinski definition) is 2. The summed E-state index contributed by atoms with van der Waals surface area (Å²) in [7, 11) is 0. The summed E-state index contributed by atoms with van der Waals surface area (Å²) in [4.78, 5) is 10.7. The molecule has 3 heteroatoms. The summed E-state index contributed by atoms with van der Waals surface area (Å²) in [5.41, 5.74) is 3.72. The Bertz CT molecular complexity index is 486. The highest BCUT2D eigenvalue weighted by molar-refractivity contribution is 5.77. The average Bonchev–Trinajstić information content (AvgIpc) is 2.39. The lowest BCUT2D eigenvalue weighted by Crippen LogP contribution is -2.07. The predicted molar refractivity (Wildman–Crippen MR) is 64.1 cm³/mol. The van der Waals surface area contributed by atoms with Crippen molar-refractivity contribution in [1.82, 2.24) is 0 Å². The van der Waals surface area contributed by atoms with Crippen LogP contribution in [-0.2, 0) is 4.79 Å². The number of rotatable bonds is 2. The smallest absolute Gasteiger partial charge is 0.309 e.